The van der Waals surface area contributed by atoms with Crippen molar-refractivity contribution in [2.45, 2.75) is 25.4 Å². The van der Waals surface area contributed by atoms with Crippen LogP contribution in [0.4, 0.5) is 4.39 Å². The molecule has 1 saturated carbocycles. The van der Waals surface area contributed by atoms with Crippen LogP contribution >= 0.6 is 0 Å². The van der Waals surface area contributed by atoms with Crippen LogP contribution in [0.2, 0.25) is 0 Å². The van der Waals surface area contributed by atoms with Gasteiger partial charge in [-0.05, 0) is 30.5 Å². The highest BCUT2D eigenvalue weighted by molar-refractivity contribution is 5.63. The van der Waals surface area contributed by atoms with Crippen molar-refractivity contribution in [3.05, 3.63) is 42.0 Å². The summed E-state index contributed by atoms with van der Waals surface area (Å²) >= 11 is 0. The molecule has 0 saturated heterocycles. The highest BCUT2D eigenvalue weighted by atomic mass is 19.1. The lowest BCUT2D eigenvalue weighted by molar-refractivity contribution is 0.628. The monoisotopic (exact) mass is 245 g/mol. The molecule has 0 radical (unpaired) electrons. The lowest BCUT2D eigenvalue weighted by Crippen LogP contribution is -2.15. The average Bonchev–Trinajstić information content (AvgIpc) is 3.10. The van der Waals surface area contributed by atoms with Gasteiger partial charge in [-0.25, -0.2) is 4.39 Å². The Labute approximate surface area is 106 Å². The molecule has 4 heteroatoms. The first-order chi connectivity index (χ1) is 8.72. The van der Waals surface area contributed by atoms with Crippen LogP contribution in [0.5, 0.6) is 0 Å². The molecular formula is C14H16FN3. The number of rotatable bonds is 4. The molecular weight excluding hydrogens is 229 g/mol. The van der Waals surface area contributed by atoms with Crippen LogP contribution in [0.25, 0.3) is 11.1 Å². The molecule has 0 atom stereocenters. The molecule has 1 aliphatic carbocycles. The Balaban J connectivity index is 1.85. The molecule has 1 aliphatic rings. The fourth-order valence-electron chi connectivity index (χ4n) is 2.01. The maximum atomic E-state index is 13.8. The van der Waals surface area contributed by atoms with E-state index in [0.717, 1.165) is 17.7 Å². The minimum absolute atomic E-state index is 0.196. The number of benzene rings is 1. The van der Waals surface area contributed by atoms with Crippen molar-refractivity contribution in [2.75, 3.05) is 0 Å². The normalized spacial score (nSPS) is 15.0. The molecule has 1 aromatic carbocycles. The van der Waals surface area contributed by atoms with Crippen molar-refractivity contribution in [2.24, 2.45) is 7.05 Å². The van der Waals surface area contributed by atoms with Gasteiger partial charge in [0.1, 0.15) is 5.82 Å². The average molecular weight is 245 g/mol. The van der Waals surface area contributed by atoms with Gasteiger partial charge in [0.25, 0.3) is 0 Å². The highest BCUT2D eigenvalue weighted by Crippen LogP contribution is 2.24. The molecule has 0 unspecified atom stereocenters. The summed E-state index contributed by atoms with van der Waals surface area (Å²) < 4.78 is 15.5. The van der Waals surface area contributed by atoms with Gasteiger partial charge in [0, 0.05) is 37.0 Å². The van der Waals surface area contributed by atoms with Gasteiger partial charge < -0.3 is 5.32 Å². The minimum Gasteiger partial charge on any atom is -0.310 e. The SMILES string of the molecule is Cn1cc(-c2cc(CNC3CC3)ccc2F)cn1. The standard InChI is InChI=1S/C14H16FN3/c1-18-9-11(8-17-18)13-6-10(2-5-14(13)15)7-16-12-3-4-12/h2,5-6,8-9,12,16H,3-4,7H2,1H3. The van der Waals surface area contributed by atoms with Crippen molar-refractivity contribution < 1.29 is 4.39 Å². The largest absolute Gasteiger partial charge is 0.310 e. The predicted molar refractivity (Wildman–Crippen MR) is 68.5 cm³/mol. The van der Waals surface area contributed by atoms with Crippen LogP contribution in [-0.4, -0.2) is 15.8 Å². The molecule has 1 fully saturated rings. The molecule has 2 aromatic rings. The van der Waals surface area contributed by atoms with E-state index in [1.165, 1.54) is 18.9 Å². The molecule has 0 spiro atoms. The fourth-order valence-corrected chi connectivity index (χ4v) is 2.01. The molecule has 1 aromatic heterocycles. The highest BCUT2D eigenvalue weighted by Gasteiger charge is 2.20. The number of hydrogen-bond acceptors (Lipinski definition) is 2. The minimum atomic E-state index is -0.196. The Kier molecular flexibility index (Phi) is 2.88. The Morgan fingerprint density at radius 2 is 2.28 bits per heavy atom. The Morgan fingerprint density at radius 1 is 1.44 bits per heavy atom. The van der Waals surface area contributed by atoms with Crippen LogP contribution in [0, 0.1) is 5.82 Å². The van der Waals surface area contributed by atoms with Crippen molar-refractivity contribution >= 4 is 0 Å². The van der Waals surface area contributed by atoms with E-state index in [-0.39, 0.29) is 5.82 Å². The molecule has 0 amide bonds. The lowest BCUT2D eigenvalue weighted by Gasteiger charge is -2.06. The van der Waals surface area contributed by atoms with Crippen molar-refractivity contribution in [3.8, 4) is 11.1 Å². The number of aromatic nitrogens is 2. The van der Waals surface area contributed by atoms with Crippen LogP contribution in [0.3, 0.4) is 0 Å². The van der Waals surface area contributed by atoms with Crippen LogP contribution in [0.15, 0.2) is 30.6 Å². The van der Waals surface area contributed by atoms with E-state index in [4.69, 9.17) is 0 Å². The van der Waals surface area contributed by atoms with E-state index in [9.17, 15) is 4.39 Å². The molecule has 1 heterocycles. The van der Waals surface area contributed by atoms with E-state index in [1.807, 2.05) is 25.4 Å². The van der Waals surface area contributed by atoms with Crippen LogP contribution in [-0.2, 0) is 13.6 Å². The number of nitrogens with zero attached hydrogens (tertiary/aromatic N) is 2. The first-order valence-electron chi connectivity index (χ1n) is 6.23. The van der Waals surface area contributed by atoms with Crippen molar-refractivity contribution in [1.29, 1.82) is 0 Å². The Bertz CT molecular complexity index is 558. The Hall–Kier alpha value is -1.68. The van der Waals surface area contributed by atoms with Gasteiger partial charge >= 0.3 is 0 Å². The van der Waals surface area contributed by atoms with Gasteiger partial charge in [-0.15, -0.1) is 0 Å². The zero-order valence-electron chi connectivity index (χ0n) is 10.4. The smallest absolute Gasteiger partial charge is 0.131 e. The third-order valence-electron chi connectivity index (χ3n) is 3.22. The van der Waals surface area contributed by atoms with Crippen LogP contribution < -0.4 is 5.32 Å². The molecule has 94 valence electrons. The summed E-state index contributed by atoms with van der Waals surface area (Å²) in [5.41, 5.74) is 2.56. The van der Waals surface area contributed by atoms with E-state index in [1.54, 1.807) is 10.9 Å². The van der Waals surface area contributed by atoms with Crippen molar-refractivity contribution in [1.82, 2.24) is 15.1 Å². The van der Waals surface area contributed by atoms with Crippen LogP contribution in [0.1, 0.15) is 18.4 Å². The number of hydrogen-bond donors (Lipinski definition) is 1. The van der Waals surface area contributed by atoms with Gasteiger partial charge in [0.15, 0.2) is 0 Å². The van der Waals surface area contributed by atoms with Gasteiger partial charge in [0.2, 0.25) is 0 Å². The zero-order chi connectivity index (χ0) is 12.5. The first-order valence-corrected chi connectivity index (χ1v) is 6.23. The summed E-state index contributed by atoms with van der Waals surface area (Å²) in [7, 11) is 1.83. The number of aryl methyl sites for hydroxylation is 1. The fraction of sp³-hybridized carbons (Fsp3) is 0.357. The van der Waals surface area contributed by atoms with E-state index < -0.39 is 0 Å². The maximum Gasteiger partial charge on any atom is 0.131 e. The van der Waals surface area contributed by atoms with Gasteiger partial charge in [-0.2, -0.15) is 5.10 Å². The van der Waals surface area contributed by atoms with Crippen molar-refractivity contribution in [3.63, 3.8) is 0 Å². The summed E-state index contributed by atoms with van der Waals surface area (Å²) in [5.74, 6) is -0.196. The molecule has 3 rings (SSSR count). The van der Waals surface area contributed by atoms with Gasteiger partial charge in [-0.3, -0.25) is 4.68 Å². The summed E-state index contributed by atoms with van der Waals surface area (Å²) in [6.45, 7) is 0.804. The summed E-state index contributed by atoms with van der Waals surface area (Å²) in [6.07, 6.45) is 6.04. The second-order valence-electron chi connectivity index (χ2n) is 4.87. The maximum absolute atomic E-state index is 13.8. The summed E-state index contributed by atoms with van der Waals surface area (Å²) in [5, 5.41) is 7.52. The second-order valence-corrected chi connectivity index (χ2v) is 4.87. The van der Waals surface area contributed by atoms with Gasteiger partial charge in [0.05, 0.1) is 6.20 Å². The predicted octanol–water partition coefficient (Wildman–Crippen LogP) is 2.48. The molecule has 3 nitrogen and oxygen atoms in total. The first kappa shape index (κ1) is 11.4. The Morgan fingerprint density at radius 3 is 2.94 bits per heavy atom. The number of halogens is 1. The molecule has 18 heavy (non-hydrogen) atoms. The third-order valence-corrected chi connectivity index (χ3v) is 3.22. The summed E-state index contributed by atoms with van der Waals surface area (Å²) in [4.78, 5) is 0. The van der Waals surface area contributed by atoms with E-state index >= 15 is 0 Å². The van der Waals surface area contributed by atoms with E-state index in [2.05, 4.69) is 10.4 Å². The lowest BCUT2D eigenvalue weighted by atomic mass is 10.1. The second kappa shape index (κ2) is 4.53. The molecule has 0 bridgehead atoms. The topological polar surface area (TPSA) is 29.9 Å². The zero-order valence-corrected chi connectivity index (χ0v) is 10.4. The van der Waals surface area contributed by atoms with Gasteiger partial charge in [-0.1, -0.05) is 6.07 Å². The number of nitrogens with one attached hydrogen (secondary N) is 1. The quantitative estimate of drug-likeness (QED) is 0.896. The third kappa shape index (κ3) is 2.43. The summed E-state index contributed by atoms with van der Waals surface area (Å²) in [6, 6.07) is 5.94. The molecule has 0 aliphatic heterocycles. The van der Waals surface area contributed by atoms with E-state index in [0.29, 0.717) is 11.6 Å². The molecule has 1 N–H and O–H groups in total.